The Morgan fingerprint density at radius 3 is 3.07 bits per heavy atom. The second-order valence-corrected chi connectivity index (χ2v) is 7.16. The van der Waals surface area contributed by atoms with Gasteiger partial charge in [0.05, 0.1) is 23.4 Å². The van der Waals surface area contributed by atoms with Crippen molar-refractivity contribution >= 4 is 28.0 Å². The Bertz CT molecular complexity index is 1130. The summed E-state index contributed by atoms with van der Waals surface area (Å²) in [6.07, 6.45) is 5.21. The summed E-state index contributed by atoms with van der Waals surface area (Å²) < 4.78 is 16.2. The third kappa shape index (κ3) is 2.88. The quantitative estimate of drug-likeness (QED) is 0.504. The van der Waals surface area contributed by atoms with Crippen molar-refractivity contribution in [2.24, 2.45) is 0 Å². The SMILES string of the molecule is C[C@@H](Nc1ncnc2nc[nH]c12)c1nc2ccc(F)cc2n1[C@@H]1CCCNC1. The van der Waals surface area contributed by atoms with Gasteiger partial charge in [0.2, 0.25) is 0 Å². The number of imidazole rings is 2. The summed E-state index contributed by atoms with van der Waals surface area (Å²) in [5.74, 6) is 1.28. The first-order valence-corrected chi connectivity index (χ1v) is 9.49. The zero-order valence-electron chi connectivity index (χ0n) is 15.5. The molecule has 1 aliphatic heterocycles. The maximum Gasteiger partial charge on any atom is 0.182 e. The van der Waals surface area contributed by atoms with Gasteiger partial charge >= 0.3 is 0 Å². The molecule has 1 aliphatic rings. The van der Waals surface area contributed by atoms with Crippen molar-refractivity contribution in [3.8, 4) is 0 Å². The normalized spacial score (nSPS) is 18.6. The van der Waals surface area contributed by atoms with Crippen LogP contribution in [0.25, 0.3) is 22.2 Å². The number of anilines is 1. The Kier molecular flexibility index (Phi) is 4.16. The van der Waals surface area contributed by atoms with Crippen LogP contribution in [0.3, 0.4) is 0 Å². The molecular formula is C19H21FN8. The highest BCUT2D eigenvalue weighted by atomic mass is 19.1. The minimum Gasteiger partial charge on any atom is -0.358 e. The molecule has 0 amide bonds. The van der Waals surface area contributed by atoms with Crippen molar-refractivity contribution in [1.29, 1.82) is 0 Å². The van der Waals surface area contributed by atoms with Gasteiger partial charge in [0.15, 0.2) is 11.5 Å². The van der Waals surface area contributed by atoms with Crippen LogP contribution in [0.15, 0.2) is 30.9 Å². The zero-order chi connectivity index (χ0) is 19.1. The standard InChI is InChI=1S/C19H21FN8/c1-11(26-18-16-17(23-9-22-16)24-10-25-18)19-27-14-5-4-12(20)7-15(14)28(19)13-3-2-6-21-8-13/h4-5,7,9-11,13,21H,2-3,6,8H2,1H3,(H2,22,23,24,25,26)/t11-,13-/m1/s1. The molecule has 0 spiro atoms. The molecule has 5 rings (SSSR count). The first-order chi connectivity index (χ1) is 13.7. The lowest BCUT2D eigenvalue weighted by Gasteiger charge is -2.28. The third-order valence-electron chi connectivity index (χ3n) is 5.28. The Balaban J connectivity index is 1.58. The van der Waals surface area contributed by atoms with Crippen LogP contribution in [0, 0.1) is 5.82 Å². The molecule has 9 heteroatoms. The number of hydrogen-bond acceptors (Lipinski definition) is 6. The molecule has 3 aromatic heterocycles. The van der Waals surface area contributed by atoms with Crippen LogP contribution in [-0.2, 0) is 0 Å². The molecule has 1 saturated heterocycles. The van der Waals surface area contributed by atoms with Gasteiger partial charge in [0.1, 0.15) is 23.5 Å². The van der Waals surface area contributed by atoms with Crippen LogP contribution in [0.4, 0.5) is 10.2 Å². The number of fused-ring (bicyclic) bond motifs is 2. The van der Waals surface area contributed by atoms with Gasteiger partial charge in [-0.1, -0.05) is 0 Å². The van der Waals surface area contributed by atoms with Crippen LogP contribution in [0.2, 0.25) is 0 Å². The molecule has 3 N–H and O–H groups in total. The number of aromatic amines is 1. The van der Waals surface area contributed by atoms with Gasteiger partial charge in [-0.3, -0.25) is 0 Å². The molecule has 2 atom stereocenters. The Morgan fingerprint density at radius 1 is 1.29 bits per heavy atom. The largest absolute Gasteiger partial charge is 0.358 e. The number of rotatable bonds is 4. The number of aromatic nitrogens is 6. The molecule has 1 fully saturated rings. The second-order valence-electron chi connectivity index (χ2n) is 7.16. The summed E-state index contributed by atoms with van der Waals surface area (Å²) in [6, 6.07) is 4.87. The number of halogens is 1. The van der Waals surface area contributed by atoms with E-state index in [0.29, 0.717) is 11.5 Å². The van der Waals surface area contributed by atoms with Crippen molar-refractivity contribution in [2.45, 2.75) is 31.8 Å². The molecule has 8 nitrogen and oxygen atoms in total. The van der Waals surface area contributed by atoms with Crippen molar-refractivity contribution < 1.29 is 4.39 Å². The topological polar surface area (TPSA) is 96.3 Å². The van der Waals surface area contributed by atoms with Crippen molar-refractivity contribution in [2.75, 3.05) is 18.4 Å². The molecule has 0 aliphatic carbocycles. The van der Waals surface area contributed by atoms with Crippen molar-refractivity contribution in [3.05, 3.63) is 42.5 Å². The molecule has 0 unspecified atom stereocenters. The van der Waals surface area contributed by atoms with Crippen molar-refractivity contribution in [1.82, 2.24) is 34.8 Å². The highest BCUT2D eigenvalue weighted by Gasteiger charge is 2.25. The predicted octanol–water partition coefficient (Wildman–Crippen LogP) is 2.94. The van der Waals surface area contributed by atoms with Crippen LogP contribution < -0.4 is 10.6 Å². The summed E-state index contributed by atoms with van der Waals surface area (Å²) >= 11 is 0. The first-order valence-electron chi connectivity index (χ1n) is 9.49. The van der Waals surface area contributed by atoms with E-state index in [1.165, 1.54) is 12.4 Å². The number of hydrogen-bond donors (Lipinski definition) is 3. The van der Waals surface area contributed by atoms with Crippen LogP contribution in [0.5, 0.6) is 0 Å². The Hall–Kier alpha value is -3.07. The molecule has 4 heterocycles. The van der Waals surface area contributed by atoms with Gasteiger partial charge in [-0.15, -0.1) is 0 Å². The fourth-order valence-corrected chi connectivity index (χ4v) is 3.97. The van der Waals surface area contributed by atoms with Crippen LogP contribution in [-0.4, -0.2) is 42.6 Å². The van der Waals surface area contributed by atoms with Gasteiger partial charge in [-0.2, -0.15) is 0 Å². The van der Waals surface area contributed by atoms with E-state index >= 15 is 0 Å². The molecule has 0 radical (unpaired) electrons. The van der Waals surface area contributed by atoms with Crippen LogP contribution in [0.1, 0.15) is 37.7 Å². The summed E-state index contributed by atoms with van der Waals surface area (Å²) in [4.78, 5) is 20.6. The lowest BCUT2D eigenvalue weighted by atomic mass is 10.1. The maximum absolute atomic E-state index is 14.0. The minimum atomic E-state index is -0.250. The van der Waals surface area contributed by atoms with E-state index < -0.39 is 0 Å². The lowest BCUT2D eigenvalue weighted by molar-refractivity contribution is 0.367. The zero-order valence-corrected chi connectivity index (χ0v) is 15.5. The molecule has 0 saturated carbocycles. The van der Waals surface area contributed by atoms with Crippen molar-refractivity contribution in [3.63, 3.8) is 0 Å². The second kappa shape index (κ2) is 6.83. The summed E-state index contributed by atoms with van der Waals surface area (Å²) in [7, 11) is 0. The fraction of sp³-hybridized carbons (Fsp3) is 0.368. The van der Waals surface area contributed by atoms with E-state index in [1.54, 1.807) is 18.5 Å². The van der Waals surface area contributed by atoms with E-state index in [2.05, 4.69) is 35.1 Å². The highest BCUT2D eigenvalue weighted by molar-refractivity contribution is 5.82. The van der Waals surface area contributed by atoms with E-state index in [0.717, 1.165) is 48.3 Å². The molecule has 28 heavy (non-hydrogen) atoms. The van der Waals surface area contributed by atoms with E-state index in [-0.39, 0.29) is 17.9 Å². The molecule has 0 bridgehead atoms. The first kappa shape index (κ1) is 17.1. The highest BCUT2D eigenvalue weighted by Crippen LogP contribution is 2.30. The Labute approximate surface area is 160 Å². The number of nitrogens with zero attached hydrogens (tertiary/aromatic N) is 5. The van der Waals surface area contributed by atoms with Gasteiger partial charge in [0, 0.05) is 12.6 Å². The monoisotopic (exact) mass is 380 g/mol. The average molecular weight is 380 g/mol. The molecular weight excluding hydrogens is 359 g/mol. The van der Waals surface area contributed by atoms with Gasteiger partial charge in [-0.05, 0) is 44.5 Å². The molecule has 144 valence electrons. The van der Waals surface area contributed by atoms with Gasteiger partial charge in [0.25, 0.3) is 0 Å². The van der Waals surface area contributed by atoms with E-state index in [9.17, 15) is 4.39 Å². The minimum absolute atomic E-state index is 0.140. The van der Waals surface area contributed by atoms with Gasteiger partial charge in [-0.25, -0.2) is 24.3 Å². The van der Waals surface area contributed by atoms with E-state index in [4.69, 9.17) is 4.98 Å². The average Bonchev–Trinajstić information content (AvgIpc) is 3.33. The lowest BCUT2D eigenvalue weighted by Crippen LogP contribution is -2.33. The number of H-pyrrole nitrogens is 1. The molecule has 4 aromatic rings. The molecule has 1 aromatic carbocycles. The summed E-state index contributed by atoms with van der Waals surface area (Å²) in [5.41, 5.74) is 2.98. The number of nitrogens with one attached hydrogen (secondary N) is 3. The maximum atomic E-state index is 14.0. The van der Waals surface area contributed by atoms with Crippen LogP contribution >= 0.6 is 0 Å². The fourth-order valence-electron chi connectivity index (χ4n) is 3.97. The third-order valence-corrected chi connectivity index (χ3v) is 5.28. The van der Waals surface area contributed by atoms with E-state index in [1.807, 2.05) is 6.92 Å². The smallest absolute Gasteiger partial charge is 0.182 e. The van der Waals surface area contributed by atoms with Gasteiger partial charge < -0.3 is 20.2 Å². The Morgan fingerprint density at radius 2 is 2.21 bits per heavy atom. The summed E-state index contributed by atoms with van der Waals surface area (Å²) in [5, 5.41) is 6.86. The number of piperidine rings is 1. The number of benzene rings is 1. The summed E-state index contributed by atoms with van der Waals surface area (Å²) in [6.45, 7) is 3.90. The predicted molar refractivity (Wildman–Crippen MR) is 105 cm³/mol.